The molecule has 0 aliphatic heterocycles. The highest BCUT2D eigenvalue weighted by Crippen LogP contribution is 2.32. The molecule has 0 spiro atoms. The lowest BCUT2D eigenvalue weighted by Crippen LogP contribution is -1.85. The summed E-state index contributed by atoms with van der Waals surface area (Å²) >= 11 is 0. The molecule has 0 atom stereocenters. The lowest BCUT2D eigenvalue weighted by Gasteiger charge is -1.97. The number of benzene rings is 2. The first kappa shape index (κ1) is 15.8. The van der Waals surface area contributed by atoms with Crippen LogP contribution in [0.3, 0.4) is 0 Å². The summed E-state index contributed by atoms with van der Waals surface area (Å²) in [7, 11) is 0. The Morgan fingerprint density at radius 2 is 0.962 bits per heavy atom. The highest BCUT2D eigenvalue weighted by molar-refractivity contribution is 5.91. The first-order valence-electron chi connectivity index (χ1n) is 8.27. The zero-order valence-electron chi connectivity index (χ0n) is 13.9. The summed E-state index contributed by atoms with van der Waals surface area (Å²) in [5, 5.41) is 0. The van der Waals surface area contributed by atoms with Crippen LogP contribution in [0.1, 0.15) is 21.0 Å². The van der Waals surface area contributed by atoms with E-state index in [4.69, 9.17) is 0 Å². The van der Waals surface area contributed by atoms with Crippen molar-refractivity contribution >= 4 is 12.6 Å². The second-order valence-corrected chi connectivity index (χ2v) is 5.99. The van der Waals surface area contributed by atoms with Crippen molar-refractivity contribution in [2.45, 2.75) is 0 Å². The summed E-state index contributed by atoms with van der Waals surface area (Å²) in [6, 6.07) is 23.3. The van der Waals surface area contributed by atoms with E-state index in [0.29, 0.717) is 11.4 Å². The summed E-state index contributed by atoms with van der Waals surface area (Å²) in [6.45, 7) is 0. The van der Waals surface area contributed by atoms with E-state index >= 15 is 0 Å². The highest BCUT2D eigenvalue weighted by atomic mass is 16.1. The van der Waals surface area contributed by atoms with Crippen LogP contribution in [-0.4, -0.2) is 22.5 Å². The Kier molecular flexibility index (Phi) is 4.07. The Bertz CT molecular complexity index is 972. The molecule has 2 N–H and O–H groups in total. The SMILES string of the molecule is O=Cc1[nH]c(-c2cc(-c3ccccc3)c(C=O)[nH]2)cc1-c1ccccc1. The maximum absolute atomic E-state index is 11.5. The minimum atomic E-state index is 0.509. The second kappa shape index (κ2) is 6.69. The van der Waals surface area contributed by atoms with Crippen LogP contribution in [0, 0.1) is 0 Å². The van der Waals surface area contributed by atoms with Gasteiger partial charge in [0.1, 0.15) is 0 Å². The van der Waals surface area contributed by atoms with Crippen LogP contribution in [-0.2, 0) is 0 Å². The molecular formula is C22H16N2O2. The average molecular weight is 340 g/mol. The molecule has 0 aliphatic carbocycles. The minimum absolute atomic E-state index is 0.509. The van der Waals surface area contributed by atoms with Crippen molar-refractivity contribution in [3.8, 4) is 33.6 Å². The van der Waals surface area contributed by atoms with Gasteiger partial charge in [0.25, 0.3) is 0 Å². The first-order chi connectivity index (χ1) is 12.8. The summed E-state index contributed by atoms with van der Waals surface area (Å²) in [6.07, 6.45) is 1.63. The lowest BCUT2D eigenvalue weighted by atomic mass is 10.1. The Hall–Kier alpha value is -3.66. The molecule has 0 amide bonds. The van der Waals surface area contributed by atoms with Gasteiger partial charge in [0.05, 0.1) is 22.8 Å². The van der Waals surface area contributed by atoms with E-state index in [1.54, 1.807) is 0 Å². The summed E-state index contributed by atoms with van der Waals surface area (Å²) in [4.78, 5) is 29.3. The molecule has 26 heavy (non-hydrogen) atoms. The first-order valence-corrected chi connectivity index (χ1v) is 8.27. The molecule has 4 rings (SSSR count). The molecule has 0 fully saturated rings. The van der Waals surface area contributed by atoms with Crippen LogP contribution in [0.25, 0.3) is 33.6 Å². The van der Waals surface area contributed by atoms with Gasteiger partial charge in [-0.15, -0.1) is 0 Å². The maximum Gasteiger partial charge on any atom is 0.166 e. The van der Waals surface area contributed by atoms with Gasteiger partial charge in [-0.2, -0.15) is 0 Å². The molecule has 126 valence electrons. The van der Waals surface area contributed by atoms with Crippen LogP contribution in [0.15, 0.2) is 72.8 Å². The number of H-pyrrole nitrogens is 2. The number of aldehydes is 2. The number of hydrogen-bond acceptors (Lipinski definition) is 2. The smallest absolute Gasteiger partial charge is 0.166 e. The normalized spacial score (nSPS) is 10.6. The third-order valence-corrected chi connectivity index (χ3v) is 4.39. The van der Waals surface area contributed by atoms with Crippen molar-refractivity contribution in [2.24, 2.45) is 0 Å². The zero-order chi connectivity index (χ0) is 17.9. The number of nitrogens with one attached hydrogen (secondary N) is 2. The van der Waals surface area contributed by atoms with Crippen molar-refractivity contribution in [1.29, 1.82) is 0 Å². The van der Waals surface area contributed by atoms with Gasteiger partial charge >= 0.3 is 0 Å². The Balaban J connectivity index is 1.82. The van der Waals surface area contributed by atoms with Crippen LogP contribution in [0.4, 0.5) is 0 Å². The predicted octanol–water partition coefficient (Wildman–Crippen LogP) is 4.97. The molecular weight excluding hydrogens is 324 g/mol. The molecule has 2 heterocycles. The van der Waals surface area contributed by atoms with E-state index in [-0.39, 0.29) is 0 Å². The molecule has 0 radical (unpaired) electrons. The third-order valence-electron chi connectivity index (χ3n) is 4.39. The number of aromatic nitrogens is 2. The van der Waals surface area contributed by atoms with E-state index in [1.807, 2.05) is 72.8 Å². The van der Waals surface area contributed by atoms with E-state index in [2.05, 4.69) is 9.97 Å². The fraction of sp³-hybridized carbons (Fsp3) is 0. The number of carbonyl (C=O) groups excluding carboxylic acids is 2. The molecule has 0 unspecified atom stereocenters. The van der Waals surface area contributed by atoms with Crippen LogP contribution < -0.4 is 0 Å². The van der Waals surface area contributed by atoms with Crippen LogP contribution >= 0.6 is 0 Å². The Morgan fingerprint density at radius 1 is 0.577 bits per heavy atom. The second-order valence-electron chi connectivity index (χ2n) is 5.99. The molecule has 0 aliphatic rings. The molecule has 4 heteroatoms. The molecule has 0 bridgehead atoms. The van der Waals surface area contributed by atoms with E-state index in [0.717, 1.165) is 46.2 Å². The lowest BCUT2D eigenvalue weighted by molar-refractivity contribution is 0.111. The number of hydrogen-bond donors (Lipinski definition) is 2. The third kappa shape index (κ3) is 2.78. The predicted molar refractivity (Wildman–Crippen MR) is 102 cm³/mol. The van der Waals surface area contributed by atoms with Crippen molar-refractivity contribution in [3.63, 3.8) is 0 Å². The standard InChI is InChI=1S/C22H16N2O2/c25-13-21-17(15-7-3-1-4-8-15)11-19(23-21)20-12-18(22(14-26)24-20)16-9-5-2-6-10-16/h1-14,23-24H. The van der Waals surface area contributed by atoms with Gasteiger partial charge in [-0.05, 0) is 23.3 Å². The van der Waals surface area contributed by atoms with Gasteiger partial charge in [0.2, 0.25) is 0 Å². The minimum Gasteiger partial charge on any atom is -0.351 e. The quantitative estimate of drug-likeness (QED) is 0.504. The molecule has 0 saturated carbocycles. The monoisotopic (exact) mass is 340 g/mol. The van der Waals surface area contributed by atoms with Crippen LogP contribution in [0.5, 0.6) is 0 Å². The number of aromatic amines is 2. The topological polar surface area (TPSA) is 65.7 Å². The van der Waals surface area contributed by atoms with Gasteiger partial charge in [-0.3, -0.25) is 9.59 Å². The van der Waals surface area contributed by atoms with Crippen molar-refractivity contribution < 1.29 is 9.59 Å². The van der Waals surface area contributed by atoms with Gasteiger partial charge in [0, 0.05) is 11.1 Å². The largest absolute Gasteiger partial charge is 0.351 e. The summed E-state index contributed by atoms with van der Waals surface area (Å²) < 4.78 is 0. The van der Waals surface area contributed by atoms with Gasteiger partial charge < -0.3 is 9.97 Å². The average Bonchev–Trinajstić information content (AvgIpc) is 3.33. The Labute approximate surface area is 150 Å². The summed E-state index contributed by atoms with van der Waals surface area (Å²) in [5.74, 6) is 0. The Morgan fingerprint density at radius 3 is 1.31 bits per heavy atom. The number of carbonyl (C=O) groups is 2. The molecule has 4 nitrogen and oxygen atoms in total. The fourth-order valence-corrected chi connectivity index (χ4v) is 3.13. The van der Waals surface area contributed by atoms with Gasteiger partial charge in [-0.1, -0.05) is 60.7 Å². The maximum atomic E-state index is 11.5. The van der Waals surface area contributed by atoms with Gasteiger partial charge in [-0.25, -0.2) is 0 Å². The van der Waals surface area contributed by atoms with Gasteiger partial charge in [0.15, 0.2) is 12.6 Å². The molecule has 0 saturated heterocycles. The molecule has 4 aromatic rings. The number of rotatable bonds is 5. The summed E-state index contributed by atoms with van der Waals surface area (Å²) in [5.41, 5.74) is 6.13. The van der Waals surface area contributed by atoms with Crippen molar-refractivity contribution in [2.75, 3.05) is 0 Å². The fourth-order valence-electron chi connectivity index (χ4n) is 3.13. The van der Waals surface area contributed by atoms with E-state index < -0.39 is 0 Å². The zero-order valence-corrected chi connectivity index (χ0v) is 13.9. The van der Waals surface area contributed by atoms with Crippen LogP contribution in [0.2, 0.25) is 0 Å². The molecule has 2 aromatic carbocycles. The van der Waals surface area contributed by atoms with Crippen molar-refractivity contribution in [3.05, 3.63) is 84.2 Å². The molecule has 2 aromatic heterocycles. The van der Waals surface area contributed by atoms with E-state index in [9.17, 15) is 9.59 Å². The van der Waals surface area contributed by atoms with E-state index in [1.165, 1.54) is 0 Å². The van der Waals surface area contributed by atoms with Crippen molar-refractivity contribution in [1.82, 2.24) is 9.97 Å². The highest BCUT2D eigenvalue weighted by Gasteiger charge is 2.15.